The zero-order valence-corrected chi connectivity index (χ0v) is 9.73. The molecule has 1 saturated carbocycles. The summed E-state index contributed by atoms with van der Waals surface area (Å²) in [6.45, 7) is 1.74. The van der Waals surface area contributed by atoms with E-state index in [2.05, 4.69) is 11.1 Å². The number of carboxylic acid groups (broad SMARTS) is 1. The zero-order valence-electron chi connectivity index (χ0n) is 9.73. The van der Waals surface area contributed by atoms with E-state index in [1.807, 2.05) is 18.3 Å². The first-order valence-corrected chi connectivity index (χ1v) is 6.01. The van der Waals surface area contributed by atoms with Crippen molar-refractivity contribution in [3.05, 3.63) is 35.5 Å². The Bertz CT molecular complexity index is 581. The average Bonchev–Trinajstić information content (AvgIpc) is 3.07. The van der Waals surface area contributed by atoms with Crippen molar-refractivity contribution in [1.82, 2.24) is 4.98 Å². The zero-order chi connectivity index (χ0) is 12.0. The van der Waals surface area contributed by atoms with E-state index in [9.17, 15) is 4.79 Å². The molecular formula is C14H15NO2. The van der Waals surface area contributed by atoms with Crippen molar-refractivity contribution in [3.63, 3.8) is 0 Å². The molecule has 1 unspecified atom stereocenters. The number of benzene rings is 1. The number of rotatable bonds is 3. The van der Waals surface area contributed by atoms with E-state index < -0.39 is 11.9 Å². The van der Waals surface area contributed by atoms with Crippen LogP contribution in [0.25, 0.3) is 10.9 Å². The largest absolute Gasteiger partial charge is 0.481 e. The molecule has 88 valence electrons. The number of carbonyl (C=O) groups is 1. The molecule has 0 amide bonds. The Hall–Kier alpha value is -1.77. The number of nitrogens with one attached hydrogen (secondary N) is 1. The molecule has 1 atom stereocenters. The Balaban J connectivity index is 2.21. The highest BCUT2D eigenvalue weighted by Gasteiger charge is 2.28. The maximum Gasteiger partial charge on any atom is 0.310 e. The van der Waals surface area contributed by atoms with Gasteiger partial charge in [-0.3, -0.25) is 4.79 Å². The lowest BCUT2D eigenvalue weighted by molar-refractivity contribution is -0.138. The number of hydrogen-bond acceptors (Lipinski definition) is 1. The highest BCUT2D eigenvalue weighted by atomic mass is 16.4. The summed E-state index contributed by atoms with van der Waals surface area (Å²) in [6.07, 6.45) is 4.30. The molecule has 1 fully saturated rings. The van der Waals surface area contributed by atoms with Crippen LogP contribution in [0.3, 0.4) is 0 Å². The molecule has 2 aromatic rings. The van der Waals surface area contributed by atoms with Gasteiger partial charge in [-0.1, -0.05) is 12.1 Å². The highest BCUT2D eigenvalue weighted by Crippen LogP contribution is 2.44. The smallest absolute Gasteiger partial charge is 0.310 e. The van der Waals surface area contributed by atoms with Crippen LogP contribution in [0.15, 0.2) is 24.4 Å². The monoisotopic (exact) mass is 229 g/mol. The number of aromatic nitrogens is 1. The topological polar surface area (TPSA) is 53.1 Å². The molecule has 1 aliphatic rings. The van der Waals surface area contributed by atoms with Crippen LogP contribution in [0, 0.1) is 0 Å². The summed E-state index contributed by atoms with van der Waals surface area (Å²) in [5.41, 5.74) is 3.28. The van der Waals surface area contributed by atoms with E-state index in [1.54, 1.807) is 6.92 Å². The average molecular weight is 229 g/mol. The molecule has 1 aromatic carbocycles. The van der Waals surface area contributed by atoms with Gasteiger partial charge in [-0.25, -0.2) is 0 Å². The van der Waals surface area contributed by atoms with Crippen LogP contribution in [0.2, 0.25) is 0 Å². The van der Waals surface area contributed by atoms with E-state index >= 15 is 0 Å². The van der Waals surface area contributed by atoms with Gasteiger partial charge >= 0.3 is 5.97 Å². The lowest BCUT2D eigenvalue weighted by atomic mass is 9.95. The van der Waals surface area contributed by atoms with Crippen LogP contribution < -0.4 is 0 Å². The lowest BCUT2D eigenvalue weighted by Gasteiger charge is -2.08. The Morgan fingerprint density at radius 3 is 2.88 bits per heavy atom. The van der Waals surface area contributed by atoms with Crippen molar-refractivity contribution >= 4 is 16.9 Å². The van der Waals surface area contributed by atoms with Crippen LogP contribution in [0.1, 0.15) is 42.7 Å². The van der Waals surface area contributed by atoms with E-state index in [0.717, 1.165) is 16.5 Å². The third-order valence-corrected chi connectivity index (χ3v) is 3.62. The van der Waals surface area contributed by atoms with Crippen LogP contribution in [0.4, 0.5) is 0 Å². The predicted octanol–water partition coefficient (Wildman–Crippen LogP) is 3.23. The second-order valence-electron chi connectivity index (χ2n) is 4.85. The van der Waals surface area contributed by atoms with Crippen molar-refractivity contribution in [2.24, 2.45) is 0 Å². The highest BCUT2D eigenvalue weighted by molar-refractivity contribution is 5.92. The summed E-state index contributed by atoms with van der Waals surface area (Å²) in [5.74, 6) is -0.589. The normalized spacial score (nSPS) is 17.2. The van der Waals surface area contributed by atoms with Crippen molar-refractivity contribution in [2.45, 2.75) is 31.6 Å². The standard InChI is InChI=1S/C14H15NO2/c1-8(14(16)17)11-7-15-12-4-2-3-10(13(11)12)9-5-6-9/h2-4,7-9,15H,5-6H2,1H3,(H,16,17). The molecule has 1 aliphatic carbocycles. The van der Waals surface area contributed by atoms with Gasteiger partial charge in [0.05, 0.1) is 5.92 Å². The fourth-order valence-corrected chi connectivity index (χ4v) is 2.45. The second kappa shape index (κ2) is 3.62. The summed E-state index contributed by atoms with van der Waals surface area (Å²) in [5, 5.41) is 10.3. The lowest BCUT2D eigenvalue weighted by Crippen LogP contribution is -2.07. The van der Waals surface area contributed by atoms with Gasteiger partial charge < -0.3 is 10.1 Å². The van der Waals surface area contributed by atoms with Gasteiger partial charge in [-0.05, 0) is 42.9 Å². The minimum Gasteiger partial charge on any atom is -0.481 e. The van der Waals surface area contributed by atoms with Gasteiger partial charge in [0.2, 0.25) is 0 Å². The summed E-state index contributed by atoms with van der Waals surface area (Å²) < 4.78 is 0. The number of H-pyrrole nitrogens is 1. The number of carboxylic acids is 1. The van der Waals surface area contributed by atoms with E-state index in [1.165, 1.54) is 18.4 Å². The molecule has 3 rings (SSSR count). The Labute approximate surface area is 99.5 Å². The number of hydrogen-bond donors (Lipinski definition) is 2. The Kier molecular flexibility index (Phi) is 2.21. The van der Waals surface area contributed by atoms with Crippen LogP contribution in [-0.2, 0) is 4.79 Å². The van der Waals surface area contributed by atoms with Gasteiger partial charge in [0, 0.05) is 17.1 Å². The maximum absolute atomic E-state index is 11.1. The summed E-state index contributed by atoms with van der Waals surface area (Å²) in [6, 6.07) is 6.19. The molecule has 0 radical (unpaired) electrons. The minimum atomic E-state index is -0.767. The molecule has 0 aliphatic heterocycles. The van der Waals surface area contributed by atoms with E-state index in [-0.39, 0.29) is 0 Å². The third kappa shape index (κ3) is 1.62. The van der Waals surface area contributed by atoms with Gasteiger partial charge in [-0.2, -0.15) is 0 Å². The molecule has 17 heavy (non-hydrogen) atoms. The van der Waals surface area contributed by atoms with Crippen LogP contribution in [0.5, 0.6) is 0 Å². The van der Waals surface area contributed by atoms with Crippen molar-refractivity contribution in [1.29, 1.82) is 0 Å². The first-order chi connectivity index (χ1) is 8.18. The summed E-state index contributed by atoms with van der Waals surface area (Å²) >= 11 is 0. The summed E-state index contributed by atoms with van der Waals surface area (Å²) in [4.78, 5) is 14.3. The van der Waals surface area contributed by atoms with E-state index in [0.29, 0.717) is 5.92 Å². The SMILES string of the molecule is CC(C(=O)O)c1c[nH]c2cccc(C3CC3)c12. The molecule has 0 saturated heterocycles. The van der Waals surface area contributed by atoms with Gasteiger partial charge in [0.25, 0.3) is 0 Å². The first-order valence-electron chi connectivity index (χ1n) is 6.01. The molecule has 3 heteroatoms. The van der Waals surface area contributed by atoms with Crippen molar-refractivity contribution in [3.8, 4) is 0 Å². The quantitative estimate of drug-likeness (QED) is 0.848. The molecule has 2 N–H and O–H groups in total. The maximum atomic E-state index is 11.1. The van der Waals surface area contributed by atoms with Crippen molar-refractivity contribution < 1.29 is 9.90 Å². The fraction of sp³-hybridized carbons (Fsp3) is 0.357. The van der Waals surface area contributed by atoms with Crippen LogP contribution in [-0.4, -0.2) is 16.1 Å². The fourth-order valence-electron chi connectivity index (χ4n) is 2.45. The predicted molar refractivity (Wildman–Crippen MR) is 66.3 cm³/mol. The molecule has 0 bridgehead atoms. The van der Waals surface area contributed by atoms with E-state index in [4.69, 9.17) is 5.11 Å². The number of aromatic amines is 1. The van der Waals surface area contributed by atoms with Gasteiger partial charge in [-0.15, -0.1) is 0 Å². The van der Waals surface area contributed by atoms with Gasteiger partial charge in [0.15, 0.2) is 0 Å². The first kappa shape index (κ1) is 10.4. The number of fused-ring (bicyclic) bond motifs is 1. The summed E-state index contributed by atoms with van der Waals surface area (Å²) in [7, 11) is 0. The Morgan fingerprint density at radius 2 is 2.24 bits per heavy atom. The molecule has 1 aromatic heterocycles. The molecular weight excluding hydrogens is 214 g/mol. The third-order valence-electron chi connectivity index (χ3n) is 3.62. The molecule has 3 nitrogen and oxygen atoms in total. The van der Waals surface area contributed by atoms with Crippen molar-refractivity contribution in [2.75, 3.05) is 0 Å². The minimum absolute atomic E-state index is 0.455. The second-order valence-corrected chi connectivity index (χ2v) is 4.85. The molecule has 1 heterocycles. The van der Waals surface area contributed by atoms with Gasteiger partial charge in [0.1, 0.15) is 0 Å². The number of aliphatic carboxylic acids is 1. The Morgan fingerprint density at radius 1 is 1.47 bits per heavy atom. The van der Waals surface area contributed by atoms with Crippen LogP contribution >= 0.6 is 0 Å². The molecule has 0 spiro atoms.